The Morgan fingerprint density at radius 2 is 2.17 bits per heavy atom. The van der Waals surface area contributed by atoms with Crippen LogP contribution in [0.15, 0.2) is 22.7 Å². The van der Waals surface area contributed by atoms with Gasteiger partial charge in [0.15, 0.2) is 0 Å². The first-order chi connectivity index (χ1) is 8.43. The van der Waals surface area contributed by atoms with Gasteiger partial charge in [-0.1, -0.05) is 41.4 Å². The van der Waals surface area contributed by atoms with Crippen molar-refractivity contribution in [3.8, 4) is 0 Å². The maximum atomic E-state index is 12.0. The van der Waals surface area contributed by atoms with E-state index < -0.39 is 0 Å². The van der Waals surface area contributed by atoms with Gasteiger partial charge in [-0.2, -0.15) is 0 Å². The third kappa shape index (κ3) is 4.59. The van der Waals surface area contributed by atoms with E-state index in [-0.39, 0.29) is 18.6 Å². The SMILES string of the molecule is CC(C)CC(CO)NC(=O)c1ccc(Br)cc1Cl. The molecule has 0 aliphatic heterocycles. The van der Waals surface area contributed by atoms with Crippen molar-refractivity contribution in [2.45, 2.75) is 26.3 Å². The van der Waals surface area contributed by atoms with Crippen molar-refractivity contribution in [1.29, 1.82) is 0 Å². The summed E-state index contributed by atoms with van der Waals surface area (Å²) in [6.07, 6.45) is 0.733. The topological polar surface area (TPSA) is 49.3 Å². The lowest BCUT2D eigenvalue weighted by atomic mass is 10.0. The molecule has 0 fully saturated rings. The third-order valence-corrected chi connectivity index (χ3v) is 3.29. The predicted octanol–water partition coefficient (Wildman–Crippen LogP) is 3.24. The third-order valence-electron chi connectivity index (χ3n) is 2.49. The van der Waals surface area contributed by atoms with Crippen molar-refractivity contribution < 1.29 is 9.90 Å². The minimum atomic E-state index is -0.257. The van der Waals surface area contributed by atoms with Gasteiger partial charge in [0.1, 0.15) is 0 Å². The van der Waals surface area contributed by atoms with Crippen molar-refractivity contribution in [2.24, 2.45) is 5.92 Å². The summed E-state index contributed by atoms with van der Waals surface area (Å²) in [7, 11) is 0. The molecule has 0 saturated carbocycles. The zero-order chi connectivity index (χ0) is 13.7. The van der Waals surface area contributed by atoms with Crippen LogP contribution in [0.3, 0.4) is 0 Å². The molecule has 1 amide bonds. The average molecular weight is 335 g/mol. The highest BCUT2D eigenvalue weighted by Gasteiger charge is 2.16. The molecule has 1 unspecified atom stereocenters. The molecule has 0 heterocycles. The minimum Gasteiger partial charge on any atom is -0.394 e. The van der Waals surface area contributed by atoms with Crippen LogP contribution in [0.25, 0.3) is 0 Å². The van der Waals surface area contributed by atoms with E-state index in [0.717, 1.165) is 10.9 Å². The molecule has 2 N–H and O–H groups in total. The van der Waals surface area contributed by atoms with Crippen molar-refractivity contribution in [2.75, 3.05) is 6.61 Å². The number of amides is 1. The number of benzene rings is 1. The molecular formula is C13H17BrClNO2. The second kappa shape index (κ2) is 7.12. The molecule has 1 aromatic carbocycles. The lowest BCUT2D eigenvalue weighted by Crippen LogP contribution is -2.38. The monoisotopic (exact) mass is 333 g/mol. The van der Waals surface area contributed by atoms with E-state index in [2.05, 4.69) is 21.2 Å². The second-order valence-electron chi connectivity index (χ2n) is 4.61. The molecule has 100 valence electrons. The highest BCUT2D eigenvalue weighted by atomic mass is 79.9. The summed E-state index contributed by atoms with van der Waals surface area (Å²) >= 11 is 9.29. The fraction of sp³-hybridized carbons (Fsp3) is 0.462. The smallest absolute Gasteiger partial charge is 0.253 e. The fourth-order valence-corrected chi connectivity index (χ4v) is 2.44. The highest BCUT2D eigenvalue weighted by molar-refractivity contribution is 9.10. The Labute approximate surface area is 121 Å². The van der Waals surface area contributed by atoms with E-state index in [1.807, 2.05) is 13.8 Å². The minimum absolute atomic E-state index is 0.0714. The standard InChI is InChI=1S/C13H17BrClNO2/c1-8(2)5-10(7-17)16-13(18)11-4-3-9(14)6-12(11)15/h3-4,6,8,10,17H,5,7H2,1-2H3,(H,16,18). The van der Waals surface area contributed by atoms with Gasteiger partial charge >= 0.3 is 0 Å². The van der Waals surface area contributed by atoms with Crippen molar-refractivity contribution in [1.82, 2.24) is 5.32 Å². The number of hydrogen-bond donors (Lipinski definition) is 2. The summed E-state index contributed by atoms with van der Waals surface area (Å²) in [5.74, 6) is 0.148. The summed E-state index contributed by atoms with van der Waals surface area (Å²) in [6, 6.07) is 4.85. The molecular weight excluding hydrogens is 318 g/mol. The van der Waals surface area contributed by atoms with Crippen LogP contribution in [0, 0.1) is 5.92 Å². The number of carbonyl (C=O) groups is 1. The first kappa shape index (κ1) is 15.5. The lowest BCUT2D eigenvalue weighted by Gasteiger charge is -2.18. The first-order valence-electron chi connectivity index (χ1n) is 5.80. The molecule has 5 heteroatoms. The van der Waals surface area contributed by atoms with Gasteiger partial charge in [0, 0.05) is 4.47 Å². The first-order valence-corrected chi connectivity index (χ1v) is 6.98. The van der Waals surface area contributed by atoms with E-state index in [1.165, 1.54) is 0 Å². The Hall–Kier alpha value is -0.580. The van der Waals surface area contributed by atoms with Crippen LogP contribution in [-0.4, -0.2) is 23.7 Å². The lowest BCUT2D eigenvalue weighted by molar-refractivity contribution is 0.0908. The average Bonchev–Trinajstić information content (AvgIpc) is 2.27. The van der Waals surface area contributed by atoms with Gasteiger partial charge in [-0.15, -0.1) is 0 Å². The van der Waals surface area contributed by atoms with Gasteiger partial charge in [-0.3, -0.25) is 4.79 Å². The highest BCUT2D eigenvalue weighted by Crippen LogP contribution is 2.21. The van der Waals surface area contributed by atoms with Gasteiger partial charge in [0.2, 0.25) is 0 Å². The Balaban J connectivity index is 2.74. The molecule has 0 aliphatic rings. The zero-order valence-corrected chi connectivity index (χ0v) is 12.8. The molecule has 1 rings (SSSR count). The van der Waals surface area contributed by atoms with E-state index in [9.17, 15) is 9.90 Å². The van der Waals surface area contributed by atoms with Crippen molar-refractivity contribution >= 4 is 33.4 Å². The summed E-state index contributed by atoms with van der Waals surface area (Å²) in [5.41, 5.74) is 0.419. The van der Waals surface area contributed by atoms with Crippen LogP contribution >= 0.6 is 27.5 Å². The number of carbonyl (C=O) groups excluding carboxylic acids is 1. The molecule has 0 aromatic heterocycles. The summed E-state index contributed by atoms with van der Waals surface area (Å²) in [5, 5.41) is 12.4. The number of hydrogen-bond acceptors (Lipinski definition) is 2. The summed E-state index contributed by atoms with van der Waals surface area (Å²) in [4.78, 5) is 12.0. The van der Waals surface area contributed by atoms with Crippen LogP contribution in [0.4, 0.5) is 0 Å². The Bertz CT molecular complexity index is 423. The molecule has 0 radical (unpaired) electrons. The molecule has 0 aliphatic carbocycles. The number of rotatable bonds is 5. The van der Waals surface area contributed by atoms with Crippen LogP contribution in [0.2, 0.25) is 5.02 Å². The van der Waals surface area contributed by atoms with Gasteiger partial charge in [0.25, 0.3) is 5.91 Å². The Kier molecular flexibility index (Phi) is 6.12. The summed E-state index contributed by atoms with van der Waals surface area (Å²) in [6.45, 7) is 4.01. The van der Waals surface area contributed by atoms with E-state index in [0.29, 0.717) is 16.5 Å². The number of halogens is 2. The van der Waals surface area contributed by atoms with Gasteiger partial charge in [-0.25, -0.2) is 0 Å². The Morgan fingerprint density at radius 1 is 1.50 bits per heavy atom. The molecule has 0 saturated heterocycles. The number of nitrogens with one attached hydrogen (secondary N) is 1. The maximum Gasteiger partial charge on any atom is 0.253 e. The van der Waals surface area contributed by atoms with Crippen LogP contribution in [0.5, 0.6) is 0 Å². The quantitative estimate of drug-likeness (QED) is 0.868. The molecule has 1 aromatic rings. The van der Waals surface area contributed by atoms with Crippen molar-refractivity contribution in [3.05, 3.63) is 33.3 Å². The number of aliphatic hydroxyl groups excluding tert-OH is 1. The molecule has 3 nitrogen and oxygen atoms in total. The normalized spacial score (nSPS) is 12.6. The zero-order valence-electron chi connectivity index (χ0n) is 10.4. The van der Waals surface area contributed by atoms with E-state index in [1.54, 1.807) is 18.2 Å². The van der Waals surface area contributed by atoms with Gasteiger partial charge in [0.05, 0.1) is 23.2 Å². The van der Waals surface area contributed by atoms with Gasteiger partial charge < -0.3 is 10.4 Å². The Morgan fingerprint density at radius 3 is 2.67 bits per heavy atom. The predicted molar refractivity (Wildman–Crippen MR) is 76.9 cm³/mol. The molecule has 1 atom stereocenters. The fourth-order valence-electron chi connectivity index (χ4n) is 1.68. The van der Waals surface area contributed by atoms with E-state index in [4.69, 9.17) is 11.6 Å². The molecule has 0 spiro atoms. The molecule has 0 bridgehead atoms. The van der Waals surface area contributed by atoms with Gasteiger partial charge in [-0.05, 0) is 30.5 Å². The van der Waals surface area contributed by atoms with Crippen LogP contribution < -0.4 is 5.32 Å². The molecule has 18 heavy (non-hydrogen) atoms. The number of aliphatic hydroxyl groups is 1. The second-order valence-corrected chi connectivity index (χ2v) is 5.93. The van der Waals surface area contributed by atoms with Crippen LogP contribution in [-0.2, 0) is 0 Å². The van der Waals surface area contributed by atoms with E-state index >= 15 is 0 Å². The van der Waals surface area contributed by atoms with Crippen LogP contribution in [0.1, 0.15) is 30.6 Å². The largest absolute Gasteiger partial charge is 0.394 e. The maximum absolute atomic E-state index is 12.0. The van der Waals surface area contributed by atoms with Crippen molar-refractivity contribution in [3.63, 3.8) is 0 Å². The summed E-state index contributed by atoms with van der Waals surface area (Å²) < 4.78 is 0.824.